The third kappa shape index (κ3) is 2.97. The van der Waals surface area contributed by atoms with Crippen LogP contribution in [0.1, 0.15) is 24.2 Å². The van der Waals surface area contributed by atoms with Crippen LogP contribution in [0.2, 0.25) is 0 Å². The molecule has 7 heteroatoms. The second-order valence-corrected chi connectivity index (χ2v) is 5.53. The lowest BCUT2D eigenvalue weighted by atomic mass is 10.1. The molecule has 2 rings (SSSR count). The molecule has 1 N–H and O–H groups in total. The second kappa shape index (κ2) is 5.69. The Bertz CT molecular complexity index is 563. The Labute approximate surface area is 122 Å². The van der Waals surface area contributed by atoms with Gasteiger partial charge in [0.2, 0.25) is 0 Å². The fourth-order valence-electron chi connectivity index (χ4n) is 2.66. The summed E-state index contributed by atoms with van der Waals surface area (Å²) in [4.78, 5) is 25.8. The Hall–Kier alpha value is -2.15. The van der Waals surface area contributed by atoms with Crippen LogP contribution in [0.4, 0.5) is 11.4 Å². The number of nitrogens with zero attached hydrogens (tertiary/aromatic N) is 3. The van der Waals surface area contributed by atoms with Gasteiger partial charge in [0.25, 0.3) is 5.69 Å². The van der Waals surface area contributed by atoms with Crippen LogP contribution in [-0.4, -0.2) is 53.1 Å². The smallest absolute Gasteiger partial charge is 0.342 e. The number of carboxylic acids is 1. The molecule has 1 aliphatic rings. The summed E-state index contributed by atoms with van der Waals surface area (Å²) in [5, 5.41) is 20.1. The van der Waals surface area contributed by atoms with Crippen molar-refractivity contribution >= 4 is 17.3 Å². The Kier molecular flexibility index (Phi) is 4.13. The minimum Gasteiger partial charge on any atom is -0.477 e. The molecule has 2 unspecified atom stereocenters. The summed E-state index contributed by atoms with van der Waals surface area (Å²) in [5.74, 6) is -1.28. The first-order valence-corrected chi connectivity index (χ1v) is 6.80. The SMILES string of the molecule is CC1CN(c2ccc(C(=O)O)c([N+](=O)[O-])c2)CC(C)N1C. The van der Waals surface area contributed by atoms with E-state index >= 15 is 0 Å². The Morgan fingerprint density at radius 2 is 1.90 bits per heavy atom. The van der Waals surface area contributed by atoms with Crippen LogP contribution >= 0.6 is 0 Å². The normalized spacial score (nSPS) is 23.1. The fourth-order valence-corrected chi connectivity index (χ4v) is 2.66. The van der Waals surface area contributed by atoms with E-state index < -0.39 is 10.9 Å². The number of nitro benzene ring substituents is 1. The molecule has 0 aliphatic carbocycles. The molecule has 0 aromatic heterocycles. The summed E-state index contributed by atoms with van der Waals surface area (Å²) in [6, 6.07) is 4.96. The number of piperazine rings is 1. The molecule has 1 aromatic carbocycles. The highest BCUT2D eigenvalue weighted by Crippen LogP contribution is 2.28. The van der Waals surface area contributed by atoms with E-state index in [-0.39, 0.29) is 11.3 Å². The van der Waals surface area contributed by atoms with Gasteiger partial charge in [-0.3, -0.25) is 15.0 Å². The first kappa shape index (κ1) is 15.2. The number of carboxylic acid groups (broad SMARTS) is 1. The number of aromatic carboxylic acids is 1. The van der Waals surface area contributed by atoms with Crippen molar-refractivity contribution in [2.24, 2.45) is 0 Å². The van der Waals surface area contributed by atoms with E-state index in [9.17, 15) is 14.9 Å². The summed E-state index contributed by atoms with van der Waals surface area (Å²) < 4.78 is 0. The molecule has 0 spiro atoms. The minimum absolute atomic E-state index is 0.279. The van der Waals surface area contributed by atoms with E-state index in [0.29, 0.717) is 17.8 Å². The van der Waals surface area contributed by atoms with Gasteiger partial charge < -0.3 is 10.0 Å². The van der Waals surface area contributed by atoms with Gasteiger partial charge in [0.1, 0.15) is 5.56 Å². The highest BCUT2D eigenvalue weighted by molar-refractivity contribution is 5.93. The number of likely N-dealkylation sites (N-methyl/N-ethyl adjacent to an activating group) is 1. The zero-order chi connectivity index (χ0) is 15.7. The molecule has 7 nitrogen and oxygen atoms in total. The molecule has 1 saturated heterocycles. The topological polar surface area (TPSA) is 86.9 Å². The van der Waals surface area contributed by atoms with Crippen LogP contribution in [0.25, 0.3) is 0 Å². The average Bonchev–Trinajstić information content (AvgIpc) is 2.43. The molecule has 21 heavy (non-hydrogen) atoms. The van der Waals surface area contributed by atoms with Crippen molar-refractivity contribution in [1.82, 2.24) is 4.90 Å². The molecular formula is C14H19N3O4. The Morgan fingerprint density at radius 1 is 1.33 bits per heavy atom. The van der Waals surface area contributed by atoms with Crippen molar-refractivity contribution in [3.63, 3.8) is 0 Å². The van der Waals surface area contributed by atoms with Crippen molar-refractivity contribution < 1.29 is 14.8 Å². The first-order valence-electron chi connectivity index (χ1n) is 6.80. The van der Waals surface area contributed by atoms with Crippen molar-refractivity contribution in [2.75, 3.05) is 25.0 Å². The summed E-state index contributed by atoms with van der Waals surface area (Å²) in [7, 11) is 2.06. The lowest BCUT2D eigenvalue weighted by Gasteiger charge is -2.43. The molecule has 1 aliphatic heterocycles. The van der Waals surface area contributed by atoms with Gasteiger partial charge in [-0.15, -0.1) is 0 Å². The van der Waals surface area contributed by atoms with Gasteiger partial charge in [-0.1, -0.05) is 0 Å². The van der Waals surface area contributed by atoms with E-state index in [1.54, 1.807) is 6.07 Å². The molecular weight excluding hydrogens is 274 g/mol. The highest BCUT2D eigenvalue weighted by Gasteiger charge is 2.28. The van der Waals surface area contributed by atoms with Crippen LogP contribution < -0.4 is 4.90 Å². The summed E-state index contributed by atoms with van der Waals surface area (Å²) in [5.41, 5.74) is 0.0525. The zero-order valence-electron chi connectivity index (χ0n) is 12.3. The molecule has 1 heterocycles. The number of hydrogen-bond donors (Lipinski definition) is 1. The summed E-state index contributed by atoms with van der Waals surface area (Å²) >= 11 is 0. The van der Waals surface area contributed by atoms with E-state index in [1.165, 1.54) is 12.1 Å². The summed E-state index contributed by atoms with van der Waals surface area (Å²) in [6.45, 7) is 5.71. The van der Waals surface area contributed by atoms with Crippen molar-refractivity contribution in [1.29, 1.82) is 0 Å². The van der Waals surface area contributed by atoms with E-state index in [4.69, 9.17) is 5.11 Å². The van der Waals surface area contributed by atoms with E-state index in [1.807, 2.05) is 0 Å². The van der Waals surface area contributed by atoms with E-state index in [0.717, 1.165) is 13.1 Å². The van der Waals surface area contributed by atoms with Crippen molar-refractivity contribution in [3.8, 4) is 0 Å². The minimum atomic E-state index is -1.28. The quantitative estimate of drug-likeness (QED) is 0.675. The van der Waals surface area contributed by atoms with Crippen molar-refractivity contribution in [3.05, 3.63) is 33.9 Å². The molecule has 1 fully saturated rings. The van der Waals surface area contributed by atoms with Crippen LogP contribution in [-0.2, 0) is 0 Å². The van der Waals surface area contributed by atoms with Gasteiger partial charge in [0.05, 0.1) is 4.92 Å². The Morgan fingerprint density at radius 3 is 2.38 bits per heavy atom. The fraction of sp³-hybridized carbons (Fsp3) is 0.500. The van der Waals surface area contributed by atoms with Gasteiger partial charge in [-0.25, -0.2) is 4.79 Å². The predicted molar refractivity (Wildman–Crippen MR) is 79.0 cm³/mol. The van der Waals surface area contributed by atoms with Gasteiger partial charge >= 0.3 is 5.97 Å². The number of nitro groups is 1. The van der Waals surface area contributed by atoms with E-state index in [2.05, 4.69) is 30.7 Å². The van der Waals surface area contributed by atoms with Gasteiger partial charge in [-0.05, 0) is 33.0 Å². The van der Waals surface area contributed by atoms with Gasteiger partial charge in [-0.2, -0.15) is 0 Å². The summed E-state index contributed by atoms with van der Waals surface area (Å²) in [6.07, 6.45) is 0. The van der Waals surface area contributed by atoms with Crippen LogP contribution in [0.15, 0.2) is 18.2 Å². The maximum absolute atomic E-state index is 11.1. The molecule has 1 aromatic rings. The largest absolute Gasteiger partial charge is 0.477 e. The molecule has 0 bridgehead atoms. The number of benzene rings is 1. The predicted octanol–water partition coefficient (Wildman–Crippen LogP) is 1.82. The van der Waals surface area contributed by atoms with Crippen LogP contribution in [0.3, 0.4) is 0 Å². The Balaban J connectivity index is 2.35. The standard InChI is InChI=1S/C14H19N3O4/c1-9-7-16(8-10(2)15(9)3)11-4-5-12(14(18)19)13(6-11)17(20)21/h4-6,9-10H,7-8H2,1-3H3,(H,18,19). The third-order valence-electron chi connectivity index (χ3n) is 4.13. The monoisotopic (exact) mass is 293 g/mol. The van der Waals surface area contributed by atoms with Crippen molar-refractivity contribution in [2.45, 2.75) is 25.9 Å². The highest BCUT2D eigenvalue weighted by atomic mass is 16.6. The molecule has 0 amide bonds. The van der Waals surface area contributed by atoms with Crippen LogP contribution in [0, 0.1) is 10.1 Å². The van der Waals surface area contributed by atoms with Gasteiger partial charge in [0, 0.05) is 36.9 Å². The average molecular weight is 293 g/mol. The number of carbonyl (C=O) groups is 1. The lowest BCUT2D eigenvalue weighted by Crippen LogP contribution is -2.55. The lowest BCUT2D eigenvalue weighted by molar-refractivity contribution is -0.385. The molecule has 0 saturated carbocycles. The first-order chi connectivity index (χ1) is 9.81. The number of rotatable bonds is 3. The number of anilines is 1. The maximum Gasteiger partial charge on any atom is 0.342 e. The maximum atomic E-state index is 11.1. The third-order valence-corrected chi connectivity index (χ3v) is 4.13. The van der Waals surface area contributed by atoms with Crippen LogP contribution in [0.5, 0.6) is 0 Å². The van der Waals surface area contributed by atoms with Gasteiger partial charge in [0.15, 0.2) is 0 Å². The molecule has 114 valence electrons. The molecule has 0 radical (unpaired) electrons. The number of hydrogen-bond acceptors (Lipinski definition) is 5. The second-order valence-electron chi connectivity index (χ2n) is 5.53. The zero-order valence-corrected chi connectivity index (χ0v) is 12.3. The molecule has 2 atom stereocenters.